The van der Waals surface area contributed by atoms with Crippen LogP contribution in [0.4, 0.5) is 0 Å². The fourth-order valence-corrected chi connectivity index (χ4v) is 1.18. The van der Waals surface area contributed by atoms with Crippen LogP contribution >= 0.6 is 0 Å². The van der Waals surface area contributed by atoms with Gasteiger partial charge in [0.1, 0.15) is 11.6 Å². The van der Waals surface area contributed by atoms with Gasteiger partial charge in [0.25, 0.3) is 0 Å². The van der Waals surface area contributed by atoms with Gasteiger partial charge in [-0.3, -0.25) is 5.10 Å². The van der Waals surface area contributed by atoms with Crippen molar-refractivity contribution in [2.24, 2.45) is 0 Å². The minimum absolute atomic E-state index is 0.644. The first-order valence-corrected chi connectivity index (χ1v) is 4.45. The van der Waals surface area contributed by atoms with Crippen LogP contribution in [0.5, 0.6) is 0 Å². The summed E-state index contributed by atoms with van der Waals surface area (Å²) in [5, 5.41) is 9.97. The van der Waals surface area contributed by atoms with Crippen molar-refractivity contribution in [2.75, 3.05) is 0 Å². The quantitative estimate of drug-likeness (QED) is 0.758. The SMILES string of the molecule is Cc1nc(CNCc2ccco2)n[nH]1. The van der Waals surface area contributed by atoms with E-state index >= 15 is 0 Å². The molecule has 2 aromatic rings. The van der Waals surface area contributed by atoms with Crippen molar-refractivity contribution < 1.29 is 4.42 Å². The Labute approximate surface area is 81.5 Å². The maximum Gasteiger partial charge on any atom is 0.164 e. The Bertz CT molecular complexity index is 379. The van der Waals surface area contributed by atoms with E-state index in [0.717, 1.165) is 17.4 Å². The number of hydrogen-bond donors (Lipinski definition) is 2. The molecule has 0 unspecified atom stereocenters. The summed E-state index contributed by atoms with van der Waals surface area (Å²) in [7, 11) is 0. The Morgan fingerprint density at radius 1 is 1.50 bits per heavy atom. The number of aromatic nitrogens is 3. The van der Waals surface area contributed by atoms with E-state index in [9.17, 15) is 0 Å². The molecule has 0 radical (unpaired) electrons. The summed E-state index contributed by atoms with van der Waals surface area (Å²) in [6.07, 6.45) is 1.66. The van der Waals surface area contributed by atoms with Crippen LogP contribution in [0.2, 0.25) is 0 Å². The normalized spacial score (nSPS) is 10.6. The Morgan fingerprint density at radius 3 is 3.07 bits per heavy atom. The summed E-state index contributed by atoms with van der Waals surface area (Å²) in [6, 6.07) is 3.80. The molecule has 0 bridgehead atoms. The smallest absolute Gasteiger partial charge is 0.164 e. The van der Waals surface area contributed by atoms with E-state index < -0.39 is 0 Å². The number of H-pyrrole nitrogens is 1. The van der Waals surface area contributed by atoms with Gasteiger partial charge in [-0.15, -0.1) is 0 Å². The molecule has 0 aromatic carbocycles. The molecule has 0 amide bonds. The summed E-state index contributed by atoms with van der Waals surface area (Å²) < 4.78 is 5.17. The minimum atomic E-state index is 0.644. The third-order valence-electron chi connectivity index (χ3n) is 1.81. The Kier molecular flexibility index (Phi) is 2.60. The highest BCUT2D eigenvalue weighted by molar-refractivity contribution is 4.97. The second-order valence-corrected chi connectivity index (χ2v) is 3.02. The second kappa shape index (κ2) is 4.06. The van der Waals surface area contributed by atoms with Gasteiger partial charge in [0.05, 0.1) is 19.4 Å². The molecule has 2 aromatic heterocycles. The van der Waals surface area contributed by atoms with Crippen molar-refractivity contribution in [3.63, 3.8) is 0 Å². The molecule has 0 aliphatic rings. The van der Waals surface area contributed by atoms with Gasteiger partial charge in [-0.05, 0) is 19.1 Å². The van der Waals surface area contributed by atoms with E-state index in [2.05, 4.69) is 20.5 Å². The van der Waals surface area contributed by atoms with E-state index in [1.54, 1.807) is 6.26 Å². The highest BCUT2D eigenvalue weighted by atomic mass is 16.3. The standard InChI is InChI=1S/C9H12N4O/c1-7-11-9(13-12-7)6-10-5-8-3-2-4-14-8/h2-4,10H,5-6H2,1H3,(H,11,12,13). The second-order valence-electron chi connectivity index (χ2n) is 3.02. The number of nitrogens with one attached hydrogen (secondary N) is 2. The molecule has 5 heteroatoms. The van der Waals surface area contributed by atoms with Gasteiger partial charge in [-0.2, -0.15) is 5.10 Å². The topological polar surface area (TPSA) is 66.7 Å². The fourth-order valence-electron chi connectivity index (χ4n) is 1.18. The molecule has 0 aliphatic carbocycles. The van der Waals surface area contributed by atoms with Crippen molar-refractivity contribution in [1.29, 1.82) is 0 Å². The van der Waals surface area contributed by atoms with Crippen LogP contribution in [-0.2, 0) is 13.1 Å². The van der Waals surface area contributed by atoms with Crippen LogP contribution in [-0.4, -0.2) is 15.2 Å². The lowest BCUT2D eigenvalue weighted by Crippen LogP contribution is -2.13. The van der Waals surface area contributed by atoms with Crippen LogP contribution in [0.15, 0.2) is 22.8 Å². The van der Waals surface area contributed by atoms with Gasteiger partial charge in [-0.25, -0.2) is 4.98 Å². The third-order valence-corrected chi connectivity index (χ3v) is 1.81. The van der Waals surface area contributed by atoms with E-state index in [4.69, 9.17) is 4.42 Å². The van der Waals surface area contributed by atoms with Crippen LogP contribution in [0.3, 0.4) is 0 Å². The number of furan rings is 1. The van der Waals surface area contributed by atoms with Gasteiger partial charge in [0.15, 0.2) is 5.82 Å². The molecule has 2 N–H and O–H groups in total. The van der Waals surface area contributed by atoms with Gasteiger partial charge >= 0.3 is 0 Å². The maximum absolute atomic E-state index is 5.17. The van der Waals surface area contributed by atoms with Crippen molar-refractivity contribution >= 4 is 0 Å². The zero-order valence-electron chi connectivity index (χ0n) is 7.95. The molecule has 5 nitrogen and oxygen atoms in total. The number of rotatable bonds is 4. The fraction of sp³-hybridized carbons (Fsp3) is 0.333. The minimum Gasteiger partial charge on any atom is -0.468 e. The van der Waals surface area contributed by atoms with E-state index in [1.807, 2.05) is 19.1 Å². The molecule has 14 heavy (non-hydrogen) atoms. The van der Waals surface area contributed by atoms with Gasteiger partial charge in [-0.1, -0.05) is 0 Å². The van der Waals surface area contributed by atoms with Crippen molar-refractivity contribution in [3.05, 3.63) is 35.8 Å². The van der Waals surface area contributed by atoms with Crippen molar-refractivity contribution in [1.82, 2.24) is 20.5 Å². The average Bonchev–Trinajstić information content (AvgIpc) is 2.77. The molecule has 0 fully saturated rings. The van der Waals surface area contributed by atoms with E-state index in [-0.39, 0.29) is 0 Å². The maximum atomic E-state index is 5.17. The molecule has 2 heterocycles. The summed E-state index contributed by atoms with van der Waals surface area (Å²) in [4.78, 5) is 4.17. The highest BCUT2D eigenvalue weighted by Crippen LogP contribution is 1.99. The zero-order valence-corrected chi connectivity index (χ0v) is 7.95. The average molecular weight is 192 g/mol. The van der Waals surface area contributed by atoms with Crippen molar-refractivity contribution in [3.8, 4) is 0 Å². The predicted molar refractivity (Wildman–Crippen MR) is 50.4 cm³/mol. The van der Waals surface area contributed by atoms with Crippen LogP contribution in [0.25, 0.3) is 0 Å². The first-order chi connectivity index (χ1) is 6.84. The molecule has 0 spiro atoms. The van der Waals surface area contributed by atoms with Gasteiger partial charge in [0.2, 0.25) is 0 Å². The summed E-state index contributed by atoms with van der Waals surface area (Å²) in [5.74, 6) is 2.52. The monoisotopic (exact) mass is 192 g/mol. The molecular formula is C9H12N4O. The summed E-state index contributed by atoms with van der Waals surface area (Å²) in [5.41, 5.74) is 0. The third kappa shape index (κ3) is 2.20. The number of hydrogen-bond acceptors (Lipinski definition) is 4. The lowest BCUT2D eigenvalue weighted by molar-refractivity contribution is 0.480. The van der Waals surface area contributed by atoms with Crippen LogP contribution in [0, 0.1) is 6.92 Å². The molecule has 2 rings (SSSR count). The predicted octanol–water partition coefficient (Wildman–Crippen LogP) is 0.996. The zero-order chi connectivity index (χ0) is 9.80. The van der Waals surface area contributed by atoms with E-state index in [0.29, 0.717) is 13.1 Å². The molecule has 74 valence electrons. The van der Waals surface area contributed by atoms with Crippen LogP contribution < -0.4 is 5.32 Å². The molecule has 0 aliphatic heterocycles. The highest BCUT2D eigenvalue weighted by Gasteiger charge is 1.99. The Morgan fingerprint density at radius 2 is 2.43 bits per heavy atom. The summed E-state index contributed by atoms with van der Waals surface area (Å²) in [6.45, 7) is 3.22. The van der Waals surface area contributed by atoms with Crippen LogP contribution in [0.1, 0.15) is 17.4 Å². The molecule has 0 saturated heterocycles. The van der Waals surface area contributed by atoms with E-state index in [1.165, 1.54) is 0 Å². The van der Waals surface area contributed by atoms with Crippen molar-refractivity contribution in [2.45, 2.75) is 20.0 Å². The Balaban J connectivity index is 1.78. The first-order valence-electron chi connectivity index (χ1n) is 4.45. The number of aromatic amines is 1. The lowest BCUT2D eigenvalue weighted by Gasteiger charge is -1.97. The van der Waals surface area contributed by atoms with Gasteiger partial charge in [0, 0.05) is 0 Å². The number of aryl methyl sites for hydroxylation is 1. The molecular weight excluding hydrogens is 180 g/mol. The summed E-state index contributed by atoms with van der Waals surface area (Å²) >= 11 is 0. The number of nitrogens with zero attached hydrogens (tertiary/aromatic N) is 2. The molecule has 0 saturated carbocycles. The Hall–Kier alpha value is -1.62. The first kappa shape index (κ1) is 8.96. The lowest BCUT2D eigenvalue weighted by atomic mass is 10.4. The van der Waals surface area contributed by atoms with Gasteiger partial charge < -0.3 is 9.73 Å². The molecule has 0 atom stereocenters. The largest absolute Gasteiger partial charge is 0.468 e.